The van der Waals surface area contributed by atoms with Crippen molar-refractivity contribution in [2.75, 3.05) is 7.11 Å². The summed E-state index contributed by atoms with van der Waals surface area (Å²) in [5.41, 5.74) is 0. The van der Waals surface area contributed by atoms with Crippen LogP contribution in [0.15, 0.2) is 0 Å². The normalized spacial score (nSPS) is 42.3. The van der Waals surface area contributed by atoms with Gasteiger partial charge in [0.05, 0.1) is 13.0 Å². The molecule has 0 aromatic rings. The summed E-state index contributed by atoms with van der Waals surface area (Å²) in [7, 11) is 1.51. The van der Waals surface area contributed by atoms with Gasteiger partial charge in [0.1, 0.15) is 0 Å². The maximum atomic E-state index is 11.4. The van der Waals surface area contributed by atoms with Crippen molar-refractivity contribution < 1.29 is 9.53 Å². The molecule has 13 heavy (non-hydrogen) atoms. The summed E-state index contributed by atoms with van der Waals surface area (Å²) in [4.78, 5) is 11.4. The standard InChI is InChI=1S/C11H18O2/c1-3-7-4-9-5-8(7)6-10(9)11(12)13-2/h7-10H,3-6H2,1-2H3. The van der Waals surface area contributed by atoms with Crippen molar-refractivity contribution in [2.24, 2.45) is 23.7 Å². The number of hydrogen-bond donors (Lipinski definition) is 0. The van der Waals surface area contributed by atoms with Gasteiger partial charge in [-0.3, -0.25) is 4.79 Å². The first kappa shape index (κ1) is 9.04. The van der Waals surface area contributed by atoms with E-state index in [9.17, 15) is 4.79 Å². The van der Waals surface area contributed by atoms with Crippen molar-refractivity contribution in [3.63, 3.8) is 0 Å². The molecule has 0 spiro atoms. The van der Waals surface area contributed by atoms with Gasteiger partial charge in [0, 0.05) is 0 Å². The Labute approximate surface area is 79.7 Å². The predicted molar refractivity (Wildman–Crippen MR) is 50.1 cm³/mol. The van der Waals surface area contributed by atoms with Crippen LogP contribution in [0.25, 0.3) is 0 Å². The van der Waals surface area contributed by atoms with Crippen LogP contribution in [0.3, 0.4) is 0 Å². The molecule has 0 amide bonds. The fourth-order valence-electron chi connectivity index (χ4n) is 3.33. The van der Waals surface area contributed by atoms with Crippen molar-refractivity contribution >= 4 is 5.97 Å². The molecule has 0 aromatic heterocycles. The van der Waals surface area contributed by atoms with Crippen LogP contribution in [-0.2, 0) is 9.53 Å². The quantitative estimate of drug-likeness (QED) is 0.612. The molecule has 0 aliphatic heterocycles. The molecule has 2 fully saturated rings. The zero-order chi connectivity index (χ0) is 9.42. The minimum Gasteiger partial charge on any atom is -0.469 e. The van der Waals surface area contributed by atoms with Crippen molar-refractivity contribution in [3.05, 3.63) is 0 Å². The Bertz CT molecular complexity index is 212. The Morgan fingerprint density at radius 3 is 2.54 bits per heavy atom. The summed E-state index contributed by atoms with van der Waals surface area (Å²) in [6.45, 7) is 2.26. The van der Waals surface area contributed by atoms with E-state index in [1.54, 1.807) is 0 Å². The van der Waals surface area contributed by atoms with E-state index in [1.807, 2.05) is 0 Å². The smallest absolute Gasteiger partial charge is 0.308 e. The van der Waals surface area contributed by atoms with E-state index in [0.717, 1.165) is 18.3 Å². The maximum Gasteiger partial charge on any atom is 0.308 e. The number of ether oxygens (including phenoxy) is 1. The average Bonchev–Trinajstić information content (AvgIpc) is 2.74. The SMILES string of the molecule is CCC1CC2CC1CC2C(=O)OC. The largest absolute Gasteiger partial charge is 0.469 e. The Kier molecular flexibility index (Phi) is 2.31. The predicted octanol–water partition coefficient (Wildman–Crippen LogP) is 2.23. The lowest BCUT2D eigenvalue weighted by Crippen LogP contribution is -2.25. The number of esters is 1. The first-order chi connectivity index (χ1) is 6.26. The number of hydrogen-bond acceptors (Lipinski definition) is 2. The topological polar surface area (TPSA) is 26.3 Å². The number of methoxy groups -OCH3 is 1. The van der Waals surface area contributed by atoms with Crippen LogP contribution in [0.5, 0.6) is 0 Å². The second-order valence-electron chi connectivity index (χ2n) is 4.53. The average molecular weight is 182 g/mol. The molecule has 2 aliphatic carbocycles. The van der Waals surface area contributed by atoms with Gasteiger partial charge in [-0.15, -0.1) is 0 Å². The molecule has 4 atom stereocenters. The summed E-state index contributed by atoms with van der Waals surface area (Å²) < 4.78 is 4.82. The van der Waals surface area contributed by atoms with Crippen LogP contribution in [-0.4, -0.2) is 13.1 Å². The van der Waals surface area contributed by atoms with Gasteiger partial charge in [-0.25, -0.2) is 0 Å². The second-order valence-corrected chi connectivity index (χ2v) is 4.53. The molecule has 2 nitrogen and oxygen atoms in total. The molecule has 2 aliphatic rings. The third-order valence-electron chi connectivity index (χ3n) is 4.03. The second kappa shape index (κ2) is 3.32. The monoisotopic (exact) mass is 182 g/mol. The third kappa shape index (κ3) is 1.36. The zero-order valence-electron chi connectivity index (χ0n) is 8.45. The molecular weight excluding hydrogens is 164 g/mol. The fourth-order valence-corrected chi connectivity index (χ4v) is 3.33. The molecule has 0 aromatic carbocycles. The molecule has 0 heterocycles. The maximum absolute atomic E-state index is 11.4. The first-order valence-electron chi connectivity index (χ1n) is 5.34. The third-order valence-corrected chi connectivity index (χ3v) is 4.03. The van der Waals surface area contributed by atoms with Gasteiger partial charge in [-0.05, 0) is 37.0 Å². The van der Waals surface area contributed by atoms with Gasteiger partial charge < -0.3 is 4.74 Å². The summed E-state index contributed by atoms with van der Waals surface area (Å²) in [5, 5.41) is 0. The van der Waals surface area contributed by atoms with Gasteiger partial charge in [0.2, 0.25) is 0 Å². The lowest BCUT2D eigenvalue weighted by atomic mass is 9.81. The van der Waals surface area contributed by atoms with Crippen LogP contribution in [0.2, 0.25) is 0 Å². The van der Waals surface area contributed by atoms with Crippen LogP contribution in [0.4, 0.5) is 0 Å². The van der Waals surface area contributed by atoms with Gasteiger partial charge in [-0.1, -0.05) is 13.3 Å². The highest BCUT2D eigenvalue weighted by Crippen LogP contribution is 2.52. The van der Waals surface area contributed by atoms with E-state index < -0.39 is 0 Å². The molecule has 2 rings (SSSR count). The van der Waals surface area contributed by atoms with E-state index in [0.29, 0.717) is 5.92 Å². The van der Waals surface area contributed by atoms with E-state index in [4.69, 9.17) is 4.74 Å². The molecular formula is C11H18O2. The summed E-state index contributed by atoms with van der Waals surface area (Å²) in [6, 6.07) is 0. The molecule has 2 bridgehead atoms. The number of rotatable bonds is 2. The number of carbonyl (C=O) groups excluding carboxylic acids is 1. The Morgan fingerprint density at radius 1 is 1.31 bits per heavy atom. The number of carbonyl (C=O) groups is 1. The van der Waals surface area contributed by atoms with Crippen LogP contribution in [0.1, 0.15) is 32.6 Å². The van der Waals surface area contributed by atoms with Gasteiger partial charge >= 0.3 is 5.97 Å². The fraction of sp³-hybridized carbons (Fsp3) is 0.909. The molecule has 74 valence electrons. The molecule has 2 saturated carbocycles. The molecule has 0 N–H and O–H groups in total. The lowest BCUT2D eigenvalue weighted by Gasteiger charge is -2.25. The molecule has 2 heteroatoms. The minimum atomic E-state index is 0.0297. The number of fused-ring (bicyclic) bond motifs is 2. The molecule has 0 radical (unpaired) electrons. The Morgan fingerprint density at radius 2 is 2.08 bits per heavy atom. The van der Waals surface area contributed by atoms with Crippen molar-refractivity contribution in [2.45, 2.75) is 32.6 Å². The van der Waals surface area contributed by atoms with Gasteiger partial charge in [-0.2, -0.15) is 0 Å². The van der Waals surface area contributed by atoms with E-state index in [2.05, 4.69) is 6.92 Å². The molecule has 4 unspecified atom stereocenters. The summed E-state index contributed by atoms with van der Waals surface area (Å²) >= 11 is 0. The van der Waals surface area contributed by atoms with Crippen molar-refractivity contribution in [3.8, 4) is 0 Å². The highest BCUT2D eigenvalue weighted by atomic mass is 16.5. The van der Waals surface area contributed by atoms with E-state index >= 15 is 0 Å². The Hall–Kier alpha value is -0.530. The van der Waals surface area contributed by atoms with E-state index in [1.165, 1.54) is 26.4 Å². The first-order valence-corrected chi connectivity index (χ1v) is 5.34. The van der Waals surface area contributed by atoms with Gasteiger partial charge in [0.25, 0.3) is 0 Å². The highest BCUT2D eigenvalue weighted by Gasteiger charge is 2.48. The highest BCUT2D eigenvalue weighted by molar-refractivity contribution is 5.73. The van der Waals surface area contributed by atoms with Crippen molar-refractivity contribution in [1.82, 2.24) is 0 Å². The lowest BCUT2D eigenvalue weighted by molar-refractivity contribution is -0.147. The van der Waals surface area contributed by atoms with E-state index in [-0.39, 0.29) is 11.9 Å². The zero-order valence-corrected chi connectivity index (χ0v) is 8.45. The van der Waals surface area contributed by atoms with Crippen LogP contribution in [0, 0.1) is 23.7 Å². The summed E-state index contributed by atoms with van der Waals surface area (Å²) in [5.74, 6) is 2.62. The Balaban J connectivity index is 1.99. The van der Waals surface area contributed by atoms with Crippen LogP contribution >= 0.6 is 0 Å². The van der Waals surface area contributed by atoms with Crippen LogP contribution < -0.4 is 0 Å². The van der Waals surface area contributed by atoms with Gasteiger partial charge in [0.15, 0.2) is 0 Å². The summed E-state index contributed by atoms with van der Waals surface area (Å²) in [6.07, 6.45) is 4.92. The van der Waals surface area contributed by atoms with Crippen molar-refractivity contribution in [1.29, 1.82) is 0 Å². The molecule has 0 saturated heterocycles. The minimum absolute atomic E-state index is 0.0297.